The number of carbonyl (C=O) groups excluding carboxylic acids is 3. The van der Waals surface area contributed by atoms with Crippen LogP contribution in [0.15, 0.2) is 4.99 Å². The van der Waals surface area contributed by atoms with Crippen molar-refractivity contribution in [2.45, 2.75) is 31.0 Å². The van der Waals surface area contributed by atoms with E-state index in [9.17, 15) is 19.2 Å². The van der Waals surface area contributed by atoms with Crippen molar-refractivity contribution in [3.05, 3.63) is 0 Å². The molecule has 0 bridgehead atoms. The van der Waals surface area contributed by atoms with Crippen molar-refractivity contribution in [3.8, 4) is 0 Å². The van der Waals surface area contributed by atoms with Crippen molar-refractivity contribution >= 4 is 42.3 Å². The summed E-state index contributed by atoms with van der Waals surface area (Å²) in [5.74, 6) is -3.71. The van der Waals surface area contributed by atoms with Gasteiger partial charge in [-0.05, 0) is 12.8 Å². The van der Waals surface area contributed by atoms with Crippen LogP contribution >= 0.6 is 12.6 Å². The molecule has 3 atom stereocenters. The Morgan fingerprint density at radius 2 is 1.71 bits per heavy atom. The summed E-state index contributed by atoms with van der Waals surface area (Å²) in [5, 5.41) is 24.6. The number of nitrogens with two attached hydrogens (primary N) is 3. The Morgan fingerprint density at radius 1 is 1.07 bits per heavy atom. The van der Waals surface area contributed by atoms with E-state index in [1.54, 1.807) is 0 Å². The molecular formula is C14H27N7O6S. The number of aliphatic hydroxyl groups excluding tert-OH is 1. The monoisotopic (exact) mass is 421 g/mol. The number of guanidine groups is 1. The van der Waals surface area contributed by atoms with Crippen LogP contribution in [0.4, 0.5) is 0 Å². The molecule has 0 aromatic rings. The fourth-order valence-electron chi connectivity index (χ4n) is 1.86. The normalized spacial score (nSPS) is 13.5. The number of carboxylic acid groups (broad SMARTS) is 1. The van der Waals surface area contributed by atoms with Gasteiger partial charge in [-0.1, -0.05) is 0 Å². The van der Waals surface area contributed by atoms with Gasteiger partial charge in [0, 0.05) is 12.3 Å². The Hall–Kier alpha value is -2.58. The number of hydrogen-bond acceptors (Lipinski definition) is 8. The molecule has 0 aromatic heterocycles. The summed E-state index contributed by atoms with van der Waals surface area (Å²) in [5.41, 5.74) is 15.8. The molecule has 160 valence electrons. The topological polar surface area (TPSA) is 235 Å². The number of amides is 3. The van der Waals surface area contributed by atoms with Crippen molar-refractivity contribution in [3.63, 3.8) is 0 Å². The third-order valence-electron chi connectivity index (χ3n) is 3.35. The standard InChI is InChI=1S/C14H27N7O6S/c15-7(5-22)11(24)21-8(2-1-3-18-14(16)17)12(25)19-4-10(23)20-9(6-28)13(26)27/h7-9,22,28H,1-6,15H2,(H,19,25)(H,20,23)(H,21,24)(H,26,27)(H4,16,17,18). The zero-order chi connectivity index (χ0) is 21.7. The Morgan fingerprint density at radius 3 is 2.21 bits per heavy atom. The maximum atomic E-state index is 12.3. The molecule has 0 saturated carbocycles. The van der Waals surface area contributed by atoms with Crippen LogP contribution in [0.5, 0.6) is 0 Å². The van der Waals surface area contributed by atoms with Crippen LogP contribution in [-0.4, -0.2) is 83.4 Å². The van der Waals surface area contributed by atoms with E-state index in [1.807, 2.05) is 0 Å². The molecule has 14 heteroatoms. The highest BCUT2D eigenvalue weighted by atomic mass is 32.1. The summed E-state index contributed by atoms with van der Waals surface area (Å²) in [6, 6.07) is -3.49. The van der Waals surface area contributed by atoms with Crippen molar-refractivity contribution in [1.82, 2.24) is 16.0 Å². The number of nitrogens with zero attached hydrogens (tertiary/aromatic N) is 1. The summed E-state index contributed by atoms with van der Waals surface area (Å²) < 4.78 is 0. The molecule has 0 saturated heterocycles. The fraction of sp³-hybridized carbons (Fsp3) is 0.643. The first-order valence-corrected chi connectivity index (χ1v) is 8.88. The van der Waals surface area contributed by atoms with Crippen LogP contribution in [-0.2, 0) is 19.2 Å². The predicted molar refractivity (Wildman–Crippen MR) is 103 cm³/mol. The van der Waals surface area contributed by atoms with E-state index in [1.165, 1.54) is 0 Å². The van der Waals surface area contributed by atoms with Crippen molar-refractivity contribution in [2.75, 3.05) is 25.4 Å². The van der Waals surface area contributed by atoms with Crippen LogP contribution in [0.3, 0.4) is 0 Å². The number of carbonyl (C=O) groups is 4. The molecule has 3 amide bonds. The van der Waals surface area contributed by atoms with Gasteiger partial charge in [-0.3, -0.25) is 19.4 Å². The first-order valence-electron chi connectivity index (χ1n) is 8.25. The lowest BCUT2D eigenvalue weighted by Crippen LogP contribution is -2.54. The second-order valence-electron chi connectivity index (χ2n) is 5.66. The smallest absolute Gasteiger partial charge is 0.327 e. The molecule has 3 unspecified atom stereocenters. The number of carboxylic acids is 1. The second-order valence-corrected chi connectivity index (χ2v) is 6.02. The molecule has 0 aliphatic rings. The van der Waals surface area contributed by atoms with Gasteiger partial charge >= 0.3 is 5.97 Å². The maximum absolute atomic E-state index is 12.3. The highest BCUT2D eigenvalue weighted by Gasteiger charge is 2.24. The minimum absolute atomic E-state index is 0.124. The number of aliphatic hydroxyl groups is 1. The molecule has 13 nitrogen and oxygen atoms in total. The lowest BCUT2D eigenvalue weighted by atomic mass is 10.1. The van der Waals surface area contributed by atoms with Gasteiger partial charge in [0.1, 0.15) is 18.1 Å². The van der Waals surface area contributed by atoms with Gasteiger partial charge in [0.2, 0.25) is 17.7 Å². The molecule has 0 radical (unpaired) electrons. The third kappa shape index (κ3) is 10.5. The predicted octanol–water partition coefficient (Wildman–Crippen LogP) is -4.54. The lowest BCUT2D eigenvalue weighted by molar-refractivity contribution is -0.141. The van der Waals surface area contributed by atoms with Crippen LogP contribution in [0, 0.1) is 0 Å². The number of hydrogen-bond donors (Lipinski definition) is 9. The minimum atomic E-state index is -1.27. The number of thiol groups is 1. The van der Waals surface area contributed by atoms with E-state index < -0.39 is 55.0 Å². The van der Waals surface area contributed by atoms with Crippen LogP contribution in [0.25, 0.3) is 0 Å². The van der Waals surface area contributed by atoms with E-state index in [4.69, 9.17) is 27.4 Å². The van der Waals surface area contributed by atoms with Gasteiger partial charge in [0.25, 0.3) is 0 Å². The molecule has 0 heterocycles. The number of aliphatic imine (C=N–C) groups is 1. The molecule has 0 spiro atoms. The largest absolute Gasteiger partial charge is 0.480 e. The van der Waals surface area contributed by atoms with E-state index >= 15 is 0 Å². The highest BCUT2D eigenvalue weighted by molar-refractivity contribution is 7.80. The Labute approximate surface area is 166 Å². The summed E-state index contributed by atoms with van der Waals surface area (Å²) in [7, 11) is 0. The number of rotatable bonds is 13. The molecule has 0 fully saturated rings. The maximum Gasteiger partial charge on any atom is 0.327 e. The fourth-order valence-corrected chi connectivity index (χ4v) is 2.10. The quantitative estimate of drug-likeness (QED) is 0.0601. The average molecular weight is 421 g/mol. The number of aliphatic carboxylic acids is 1. The molecule has 0 rings (SSSR count). The first-order chi connectivity index (χ1) is 13.1. The van der Waals surface area contributed by atoms with Crippen LogP contribution < -0.4 is 33.2 Å². The van der Waals surface area contributed by atoms with Gasteiger partial charge in [-0.15, -0.1) is 0 Å². The van der Waals surface area contributed by atoms with Crippen molar-refractivity contribution in [1.29, 1.82) is 0 Å². The van der Waals surface area contributed by atoms with Gasteiger partial charge in [-0.2, -0.15) is 12.6 Å². The van der Waals surface area contributed by atoms with Crippen LogP contribution in [0.1, 0.15) is 12.8 Å². The molecular weight excluding hydrogens is 394 g/mol. The van der Waals surface area contributed by atoms with E-state index in [2.05, 4.69) is 33.6 Å². The molecule has 28 heavy (non-hydrogen) atoms. The van der Waals surface area contributed by atoms with Crippen molar-refractivity contribution < 1.29 is 29.4 Å². The lowest BCUT2D eigenvalue weighted by Gasteiger charge is -2.20. The zero-order valence-corrected chi connectivity index (χ0v) is 16.0. The SMILES string of the molecule is NC(N)=NCCCC(NC(=O)C(N)CO)C(=O)NCC(=O)NC(CS)C(=O)O. The highest BCUT2D eigenvalue weighted by Crippen LogP contribution is 2.00. The molecule has 11 N–H and O–H groups in total. The summed E-state index contributed by atoms with van der Waals surface area (Å²) in [6.45, 7) is -0.920. The van der Waals surface area contributed by atoms with Gasteiger partial charge in [0.15, 0.2) is 5.96 Å². The minimum Gasteiger partial charge on any atom is -0.480 e. The van der Waals surface area contributed by atoms with E-state index in [0.717, 1.165) is 0 Å². The van der Waals surface area contributed by atoms with Crippen molar-refractivity contribution in [2.24, 2.45) is 22.2 Å². The molecule has 0 aromatic carbocycles. The first kappa shape index (κ1) is 25.4. The van der Waals surface area contributed by atoms with E-state index in [-0.39, 0.29) is 24.7 Å². The summed E-state index contributed by atoms with van der Waals surface area (Å²) >= 11 is 3.81. The second kappa shape index (κ2) is 13.6. The Bertz CT molecular complexity index is 585. The van der Waals surface area contributed by atoms with E-state index in [0.29, 0.717) is 6.42 Å². The third-order valence-corrected chi connectivity index (χ3v) is 3.72. The molecule has 0 aliphatic heterocycles. The van der Waals surface area contributed by atoms with Gasteiger partial charge in [-0.25, -0.2) is 4.79 Å². The van der Waals surface area contributed by atoms with Gasteiger partial charge in [0.05, 0.1) is 13.2 Å². The Balaban J connectivity index is 4.79. The average Bonchev–Trinajstić information content (AvgIpc) is 2.64. The summed E-state index contributed by atoms with van der Waals surface area (Å²) in [4.78, 5) is 50.5. The zero-order valence-electron chi connectivity index (χ0n) is 15.1. The summed E-state index contributed by atoms with van der Waals surface area (Å²) in [6.07, 6.45) is 0.458. The Kier molecular flexibility index (Phi) is 12.3. The number of nitrogens with one attached hydrogen (secondary N) is 3. The van der Waals surface area contributed by atoms with Gasteiger partial charge < -0.3 is 43.4 Å². The molecule has 0 aliphatic carbocycles. The van der Waals surface area contributed by atoms with Crippen LogP contribution in [0.2, 0.25) is 0 Å².